The summed E-state index contributed by atoms with van der Waals surface area (Å²) in [6, 6.07) is 4.52. The van der Waals surface area contributed by atoms with Crippen LogP contribution in [0.1, 0.15) is 20.0 Å². The van der Waals surface area contributed by atoms with E-state index in [9.17, 15) is 36.5 Å². The number of sulfonamides is 1. The third-order valence-corrected chi connectivity index (χ3v) is 3.87. The molecule has 150 valence electrons. The zero-order valence-corrected chi connectivity index (χ0v) is 14.9. The molecular weight excluding hydrogens is 429 g/mol. The zero-order valence-electron chi connectivity index (χ0n) is 16.3. The van der Waals surface area contributed by atoms with E-state index in [2.05, 4.69) is 0 Å². The summed E-state index contributed by atoms with van der Waals surface area (Å²) in [4.78, 5) is 22.3. The van der Waals surface area contributed by atoms with Crippen molar-refractivity contribution >= 4 is 33.2 Å². The maximum atomic E-state index is 12.7. The van der Waals surface area contributed by atoms with E-state index in [4.69, 9.17) is 20.5 Å². The Hall–Kier alpha value is -2.86. The van der Waals surface area contributed by atoms with Crippen LogP contribution in [0.15, 0.2) is 36.4 Å². The van der Waals surface area contributed by atoms with Crippen molar-refractivity contribution < 1.29 is 40.2 Å². The number of nitro benzene ring substituents is 1. The minimum Gasteiger partial charge on any atom is -0.456 e. The van der Waals surface area contributed by atoms with E-state index in [0.717, 1.165) is 18.2 Å². The summed E-state index contributed by atoms with van der Waals surface area (Å²) in [5.74, 6) is -2.26. The first-order valence-corrected chi connectivity index (χ1v) is 8.79. The van der Waals surface area contributed by atoms with Crippen LogP contribution in [0.3, 0.4) is 0 Å². The highest BCUT2D eigenvalue weighted by molar-refractivity contribution is 7.89. The van der Waals surface area contributed by atoms with Gasteiger partial charge in [0.25, 0.3) is 11.6 Å². The highest BCUT2D eigenvalue weighted by Crippen LogP contribution is 2.37. The second-order valence-electron chi connectivity index (χ2n) is 5.12. The molecule has 0 aliphatic carbocycles. The van der Waals surface area contributed by atoms with Gasteiger partial charge in [0.1, 0.15) is 17.1 Å². The molecule has 2 rings (SSSR count). The van der Waals surface area contributed by atoms with Gasteiger partial charge in [0.05, 0.1) is 21.7 Å². The van der Waals surface area contributed by atoms with Gasteiger partial charge >= 0.3 is 6.18 Å². The van der Waals surface area contributed by atoms with Crippen LogP contribution in [0.4, 0.5) is 18.9 Å². The lowest BCUT2D eigenvalue weighted by Crippen LogP contribution is -2.29. The van der Waals surface area contributed by atoms with Crippen LogP contribution in [0.2, 0.25) is 5.02 Å². The largest absolute Gasteiger partial charge is 0.456 e. The number of rotatable bonds is 5. The Labute approximate surface area is 165 Å². The summed E-state index contributed by atoms with van der Waals surface area (Å²) in [5.41, 5.74) is -2.83. The normalized spacial score (nSPS) is 13.8. The average Bonchev–Trinajstić information content (AvgIpc) is 2.61. The lowest BCUT2D eigenvalue weighted by atomic mass is 10.1. The number of carbonyl (C=O) groups excluding carboxylic acids is 1. The van der Waals surface area contributed by atoms with Crippen LogP contribution in [0.5, 0.6) is 11.5 Å². The van der Waals surface area contributed by atoms with Gasteiger partial charge < -0.3 is 4.74 Å². The number of amides is 1. The average molecular weight is 442 g/mol. The molecule has 0 atom stereocenters. The number of alkyl halides is 3. The van der Waals surface area contributed by atoms with E-state index >= 15 is 0 Å². The van der Waals surface area contributed by atoms with Crippen LogP contribution in [0.25, 0.3) is 0 Å². The summed E-state index contributed by atoms with van der Waals surface area (Å²) in [6.45, 7) is 0. The first-order chi connectivity index (χ1) is 14.0. The van der Waals surface area contributed by atoms with E-state index in [1.807, 2.05) is 0 Å². The van der Waals surface area contributed by atoms with Gasteiger partial charge in [0.15, 0.2) is 0 Å². The molecule has 0 unspecified atom stereocenters. The quantitative estimate of drug-likeness (QED) is 0.558. The zero-order chi connectivity index (χ0) is 23.8. The summed E-state index contributed by atoms with van der Waals surface area (Å²) in [5, 5.41) is 10.7. The molecule has 13 heteroatoms. The Morgan fingerprint density at radius 3 is 2.50 bits per heavy atom. The molecule has 0 radical (unpaired) electrons. The first kappa shape index (κ1) is 17.3. The molecular formula is C15H10ClF3N2O6S. The van der Waals surface area contributed by atoms with Gasteiger partial charge in [-0.1, -0.05) is 11.6 Å². The second kappa shape index (κ2) is 7.64. The Morgan fingerprint density at radius 2 is 1.96 bits per heavy atom. The monoisotopic (exact) mass is 441 g/mol. The van der Waals surface area contributed by atoms with E-state index in [1.165, 1.54) is 4.72 Å². The van der Waals surface area contributed by atoms with Crippen molar-refractivity contribution in [3.05, 3.63) is 62.7 Å². The van der Waals surface area contributed by atoms with E-state index in [-0.39, 0.29) is 11.5 Å². The van der Waals surface area contributed by atoms with E-state index < -0.39 is 55.1 Å². The minimum atomic E-state index is -5.18. The first-order valence-electron chi connectivity index (χ1n) is 8.42. The summed E-state index contributed by atoms with van der Waals surface area (Å²) in [7, 11) is -5.18. The molecule has 1 amide bonds. The van der Waals surface area contributed by atoms with Crippen molar-refractivity contribution in [3.63, 3.8) is 0 Å². The van der Waals surface area contributed by atoms with Crippen LogP contribution in [-0.4, -0.2) is 25.4 Å². The van der Waals surface area contributed by atoms with Gasteiger partial charge in [-0.2, -0.15) is 13.2 Å². The molecule has 0 saturated carbocycles. The number of ether oxygens (including phenoxy) is 1. The summed E-state index contributed by atoms with van der Waals surface area (Å²) in [6.07, 6.45) is -8.30. The molecule has 0 spiro atoms. The van der Waals surface area contributed by atoms with Crippen molar-refractivity contribution in [1.82, 2.24) is 4.72 Å². The Bertz CT molecular complexity index is 1160. The molecule has 0 aliphatic heterocycles. The summed E-state index contributed by atoms with van der Waals surface area (Å²) < 4.78 is 88.5. The lowest BCUT2D eigenvalue weighted by molar-refractivity contribution is -0.385. The van der Waals surface area contributed by atoms with Gasteiger partial charge in [0.2, 0.25) is 10.0 Å². The van der Waals surface area contributed by atoms with Crippen molar-refractivity contribution in [2.45, 2.75) is 6.18 Å². The molecule has 2 aromatic carbocycles. The van der Waals surface area contributed by atoms with Crippen LogP contribution in [0, 0.1) is 10.1 Å². The molecule has 0 fully saturated rings. The van der Waals surface area contributed by atoms with Gasteiger partial charge in [-0.25, -0.2) is 13.1 Å². The Morgan fingerprint density at radius 1 is 1.29 bits per heavy atom. The van der Waals surface area contributed by atoms with Gasteiger partial charge in [-0.05, 0) is 24.3 Å². The fourth-order valence-corrected chi connectivity index (χ4v) is 2.56. The number of halogens is 4. The predicted octanol–water partition coefficient (Wildman–Crippen LogP) is 3.75. The van der Waals surface area contributed by atoms with Crippen LogP contribution < -0.4 is 9.46 Å². The van der Waals surface area contributed by atoms with Crippen LogP contribution in [-0.2, 0) is 16.2 Å². The van der Waals surface area contributed by atoms with Crippen molar-refractivity contribution in [3.8, 4) is 11.5 Å². The lowest BCUT2D eigenvalue weighted by Gasteiger charge is -2.12. The minimum absolute atomic E-state index is 0.301. The van der Waals surface area contributed by atoms with Gasteiger partial charge in [0, 0.05) is 16.2 Å². The predicted molar refractivity (Wildman–Crippen MR) is 91.9 cm³/mol. The highest BCUT2D eigenvalue weighted by Gasteiger charge is 2.31. The number of carbonyl (C=O) groups is 1. The standard InChI is InChI=1S/C15H10ClF3N2O6S/c1-28(25,26)20-14(22)10-7-9(3-4-12(10)21(23)24)27-13-5-2-8(6-11(13)16)15(17,18)19/h2-7H,1H3,(H,20,22)/i1D3. The third kappa shape index (κ3) is 5.33. The topological polar surface area (TPSA) is 116 Å². The molecule has 0 heterocycles. The molecule has 0 aliphatic rings. The number of nitro groups is 1. The smallest absolute Gasteiger partial charge is 0.416 e. The molecule has 8 nitrogen and oxygen atoms in total. The number of benzene rings is 2. The molecule has 28 heavy (non-hydrogen) atoms. The fourth-order valence-electron chi connectivity index (χ4n) is 1.98. The van der Waals surface area contributed by atoms with Crippen molar-refractivity contribution in [2.24, 2.45) is 0 Å². The second-order valence-corrected chi connectivity index (χ2v) is 6.73. The number of nitrogens with zero attached hydrogens (tertiary/aromatic N) is 1. The molecule has 0 saturated heterocycles. The van der Waals surface area contributed by atoms with Crippen molar-refractivity contribution in [1.29, 1.82) is 0 Å². The molecule has 0 aromatic heterocycles. The molecule has 0 bridgehead atoms. The highest BCUT2D eigenvalue weighted by atomic mass is 35.5. The maximum Gasteiger partial charge on any atom is 0.416 e. The van der Waals surface area contributed by atoms with Gasteiger partial charge in [-0.15, -0.1) is 0 Å². The van der Waals surface area contributed by atoms with Crippen LogP contribution >= 0.6 is 11.6 Å². The Balaban J connectivity index is 2.43. The molecule has 2 aromatic rings. The third-order valence-electron chi connectivity index (χ3n) is 3.12. The number of hydrogen-bond donors (Lipinski definition) is 1. The maximum absolute atomic E-state index is 12.7. The SMILES string of the molecule is [2H]C([2H])([2H])S(=O)(=O)NC(=O)c1cc(Oc2ccc(C(F)(F)F)cc2Cl)ccc1[N+](=O)[O-]. The molecule has 1 N–H and O–H groups in total. The fraction of sp³-hybridized carbons (Fsp3) is 0.133. The van der Waals surface area contributed by atoms with Gasteiger partial charge in [-0.3, -0.25) is 14.9 Å². The van der Waals surface area contributed by atoms with Crippen molar-refractivity contribution in [2.75, 3.05) is 6.18 Å². The number of nitrogens with one attached hydrogen (secondary N) is 1. The summed E-state index contributed by atoms with van der Waals surface area (Å²) >= 11 is 5.75. The van der Waals surface area contributed by atoms with E-state index in [1.54, 1.807) is 0 Å². The van der Waals surface area contributed by atoms with E-state index in [0.29, 0.717) is 18.2 Å². The Kier molecular flexibility index (Phi) is 4.71. The number of hydrogen-bond acceptors (Lipinski definition) is 6.